The van der Waals surface area contributed by atoms with Crippen molar-refractivity contribution in [1.29, 1.82) is 0 Å². The molecular formula is C26H25ClN4O3. The van der Waals surface area contributed by atoms with Crippen LogP contribution in [0, 0.1) is 0 Å². The van der Waals surface area contributed by atoms with Gasteiger partial charge in [0, 0.05) is 17.6 Å². The Labute approximate surface area is 203 Å². The number of halogens is 1. The summed E-state index contributed by atoms with van der Waals surface area (Å²) < 4.78 is 0. The normalized spacial score (nSPS) is 20.7. The molecule has 174 valence electrons. The van der Waals surface area contributed by atoms with Crippen molar-refractivity contribution in [3.63, 3.8) is 0 Å². The molecule has 34 heavy (non-hydrogen) atoms. The van der Waals surface area contributed by atoms with E-state index in [1.54, 1.807) is 35.2 Å². The van der Waals surface area contributed by atoms with Gasteiger partial charge in [0.25, 0.3) is 5.91 Å². The van der Waals surface area contributed by atoms with Crippen LogP contribution in [-0.4, -0.2) is 46.8 Å². The van der Waals surface area contributed by atoms with Gasteiger partial charge in [0.15, 0.2) is 0 Å². The summed E-state index contributed by atoms with van der Waals surface area (Å²) in [6.45, 7) is 4.16. The first-order valence-corrected chi connectivity index (χ1v) is 11.7. The van der Waals surface area contributed by atoms with Gasteiger partial charge in [-0.1, -0.05) is 60.1 Å². The Kier molecular flexibility index (Phi) is 5.87. The van der Waals surface area contributed by atoms with Crippen molar-refractivity contribution in [2.45, 2.75) is 31.0 Å². The minimum Gasteiger partial charge on any atom is -0.351 e. The van der Waals surface area contributed by atoms with Crippen molar-refractivity contribution in [2.24, 2.45) is 0 Å². The molecule has 5 rings (SSSR count). The number of carbonyl (C=O) groups excluding carboxylic acids is 3. The van der Waals surface area contributed by atoms with E-state index in [-0.39, 0.29) is 37.0 Å². The Morgan fingerprint density at radius 3 is 2.50 bits per heavy atom. The monoisotopic (exact) mass is 476 g/mol. The van der Waals surface area contributed by atoms with Gasteiger partial charge in [0.1, 0.15) is 6.04 Å². The Morgan fingerprint density at radius 2 is 1.85 bits per heavy atom. The second-order valence-electron chi connectivity index (χ2n) is 8.72. The molecule has 1 fully saturated rings. The summed E-state index contributed by atoms with van der Waals surface area (Å²) in [5, 5.41) is 6.56. The summed E-state index contributed by atoms with van der Waals surface area (Å²) >= 11 is 6.06. The molecule has 0 bridgehead atoms. The zero-order valence-corrected chi connectivity index (χ0v) is 19.3. The van der Waals surface area contributed by atoms with Gasteiger partial charge < -0.3 is 15.5 Å². The van der Waals surface area contributed by atoms with Gasteiger partial charge >= 0.3 is 6.03 Å². The van der Waals surface area contributed by atoms with Crippen molar-refractivity contribution in [3.8, 4) is 0 Å². The lowest BCUT2D eigenvalue weighted by Crippen LogP contribution is -2.47. The molecule has 2 atom stereocenters. The molecule has 0 saturated heterocycles. The average molecular weight is 477 g/mol. The zero-order chi connectivity index (χ0) is 23.8. The molecular weight excluding hydrogens is 452 g/mol. The zero-order valence-electron chi connectivity index (χ0n) is 18.5. The summed E-state index contributed by atoms with van der Waals surface area (Å²) in [6.07, 6.45) is 3.51. The number of nitrogens with zero attached hydrogens (tertiary/aromatic N) is 2. The molecule has 2 heterocycles. The molecule has 1 saturated carbocycles. The summed E-state index contributed by atoms with van der Waals surface area (Å²) in [4.78, 5) is 43.4. The highest BCUT2D eigenvalue weighted by atomic mass is 35.5. The molecule has 0 aromatic heterocycles. The molecule has 4 amide bonds. The van der Waals surface area contributed by atoms with E-state index >= 15 is 0 Å². The predicted molar refractivity (Wildman–Crippen MR) is 129 cm³/mol. The Bertz CT molecular complexity index is 1170. The van der Waals surface area contributed by atoms with E-state index in [1.807, 2.05) is 30.3 Å². The van der Waals surface area contributed by atoms with Crippen LogP contribution >= 0.6 is 11.6 Å². The number of rotatable bonds is 7. The van der Waals surface area contributed by atoms with Crippen molar-refractivity contribution in [1.82, 2.24) is 20.4 Å². The van der Waals surface area contributed by atoms with E-state index in [9.17, 15) is 14.4 Å². The molecule has 2 aromatic rings. The Morgan fingerprint density at radius 1 is 1.15 bits per heavy atom. The third kappa shape index (κ3) is 4.07. The molecule has 0 spiro atoms. The first kappa shape index (κ1) is 22.2. The lowest BCUT2D eigenvalue weighted by Gasteiger charge is -2.33. The highest BCUT2D eigenvalue weighted by Crippen LogP contribution is 2.40. The number of benzene rings is 2. The maximum atomic E-state index is 13.9. The molecule has 7 nitrogen and oxygen atoms in total. The van der Waals surface area contributed by atoms with E-state index < -0.39 is 12.1 Å². The van der Waals surface area contributed by atoms with Crippen molar-refractivity contribution < 1.29 is 14.4 Å². The van der Waals surface area contributed by atoms with Crippen LogP contribution in [0.4, 0.5) is 4.79 Å². The number of urea groups is 1. The minimum atomic E-state index is -0.800. The van der Waals surface area contributed by atoms with E-state index in [1.165, 1.54) is 4.90 Å². The van der Waals surface area contributed by atoms with Crippen LogP contribution in [0.15, 0.2) is 78.5 Å². The fourth-order valence-corrected chi connectivity index (χ4v) is 4.69. The van der Waals surface area contributed by atoms with Crippen molar-refractivity contribution in [2.75, 3.05) is 13.1 Å². The van der Waals surface area contributed by atoms with E-state index in [4.69, 9.17) is 11.6 Å². The topological polar surface area (TPSA) is 81.8 Å². The largest absolute Gasteiger partial charge is 0.351 e. The molecule has 3 aliphatic rings. The summed E-state index contributed by atoms with van der Waals surface area (Å²) in [5.74, 6) is -0.483. The molecule has 1 aliphatic carbocycles. The Hall–Kier alpha value is -3.58. The second kappa shape index (κ2) is 8.99. The summed E-state index contributed by atoms with van der Waals surface area (Å²) in [6, 6.07) is 14.7. The maximum absolute atomic E-state index is 13.9. The molecule has 8 heteroatoms. The smallest absolute Gasteiger partial charge is 0.322 e. The van der Waals surface area contributed by atoms with Crippen LogP contribution < -0.4 is 10.6 Å². The third-order valence-electron chi connectivity index (χ3n) is 6.36. The van der Waals surface area contributed by atoms with Crippen LogP contribution in [0.3, 0.4) is 0 Å². The van der Waals surface area contributed by atoms with Gasteiger partial charge in [-0.25, -0.2) is 4.79 Å². The molecule has 2 aliphatic heterocycles. The standard InChI is InChI=1S/C26H25ClN4O3/c1-2-14-30-20-15-31(23(17-6-4-3-5-7-17)24(32)28-19-12-13-19)25(33)21(20)22(29-26(30)34)16-8-10-18(27)11-9-16/h2-11,19,22-23H,1,12-15H2,(H,28,32)(H,29,34)/t22-,23-/m0/s1. The summed E-state index contributed by atoms with van der Waals surface area (Å²) in [7, 11) is 0. The maximum Gasteiger partial charge on any atom is 0.322 e. The Balaban J connectivity index is 1.55. The summed E-state index contributed by atoms with van der Waals surface area (Å²) in [5.41, 5.74) is 2.53. The number of carbonyl (C=O) groups is 3. The quantitative estimate of drug-likeness (QED) is 0.598. The average Bonchev–Trinajstić information content (AvgIpc) is 3.59. The fraction of sp³-hybridized carbons (Fsp3) is 0.269. The van der Waals surface area contributed by atoms with E-state index in [0.29, 0.717) is 16.3 Å². The van der Waals surface area contributed by atoms with E-state index in [2.05, 4.69) is 17.2 Å². The van der Waals surface area contributed by atoms with Gasteiger partial charge in [-0.15, -0.1) is 6.58 Å². The number of amides is 4. The van der Waals surface area contributed by atoms with Gasteiger partial charge in [-0.2, -0.15) is 0 Å². The van der Waals surface area contributed by atoms with E-state index in [0.717, 1.165) is 24.0 Å². The second-order valence-corrected chi connectivity index (χ2v) is 9.16. The third-order valence-corrected chi connectivity index (χ3v) is 6.62. The van der Waals surface area contributed by atoms with Crippen LogP contribution in [-0.2, 0) is 9.59 Å². The van der Waals surface area contributed by atoms with Crippen molar-refractivity contribution >= 4 is 29.4 Å². The van der Waals surface area contributed by atoms with Crippen LogP contribution in [0.1, 0.15) is 36.1 Å². The first-order valence-electron chi connectivity index (χ1n) is 11.3. The number of nitrogens with one attached hydrogen (secondary N) is 2. The number of hydrogen-bond donors (Lipinski definition) is 2. The van der Waals surface area contributed by atoms with Crippen LogP contribution in [0.5, 0.6) is 0 Å². The van der Waals surface area contributed by atoms with Gasteiger partial charge in [-0.3, -0.25) is 14.5 Å². The molecule has 2 N–H and O–H groups in total. The molecule has 2 aromatic carbocycles. The highest BCUT2D eigenvalue weighted by Gasteiger charge is 2.47. The van der Waals surface area contributed by atoms with Crippen LogP contribution in [0.25, 0.3) is 0 Å². The van der Waals surface area contributed by atoms with Gasteiger partial charge in [0.2, 0.25) is 5.91 Å². The van der Waals surface area contributed by atoms with Crippen molar-refractivity contribution in [3.05, 3.63) is 94.7 Å². The SMILES string of the molecule is C=CCN1C(=O)N[C@@H](c2ccc(Cl)cc2)C2=C1CN([C@H](C(=O)NC1CC1)c1ccccc1)C2=O. The van der Waals surface area contributed by atoms with Crippen LogP contribution in [0.2, 0.25) is 5.02 Å². The lowest BCUT2D eigenvalue weighted by atomic mass is 9.95. The van der Waals surface area contributed by atoms with Gasteiger partial charge in [-0.05, 0) is 36.1 Å². The minimum absolute atomic E-state index is 0.150. The fourth-order valence-electron chi connectivity index (χ4n) is 4.57. The predicted octanol–water partition coefficient (Wildman–Crippen LogP) is 3.71. The molecule has 0 radical (unpaired) electrons. The molecule has 0 unspecified atom stereocenters. The highest BCUT2D eigenvalue weighted by molar-refractivity contribution is 6.30. The first-order chi connectivity index (χ1) is 16.5. The van der Waals surface area contributed by atoms with Gasteiger partial charge in [0.05, 0.1) is 23.9 Å². The lowest BCUT2D eigenvalue weighted by molar-refractivity contribution is -0.136. The number of hydrogen-bond acceptors (Lipinski definition) is 3.